The molecular weight excluding hydrogens is 244 g/mol. The highest BCUT2D eigenvalue weighted by atomic mass is 32.2. The van der Waals surface area contributed by atoms with Crippen LogP contribution in [0.25, 0.3) is 0 Å². The lowest BCUT2D eigenvalue weighted by molar-refractivity contribution is -0.148. The molecule has 100 valence electrons. The maximum Gasteiger partial charge on any atom is 0.308 e. The Bertz CT molecular complexity index is 328. The fourth-order valence-electron chi connectivity index (χ4n) is 2.06. The number of rotatable bonds is 4. The van der Waals surface area contributed by atoms with Crippen LogP contribution in [0.1, 0.15) is 44.9 Å². The zero-order valence-corrected chi connectivity index (χ0v) is 10.7. The van der Waals surface area contributed by atoms with E-state index in [1.54, 1.807) is 0 Å². The summed E-state index contributed by atoms with van der Waals surface area (Å²) in [7, 11) is -4.04. The van der Waals surface area contributed by atoms with Crippen molar-refractivity contribution in [1.29, 1.82) is 0 Å². The lowest BCUT2D eigenvalue weighted by Crippen LogP contribution is -2.22. The third kappa shape index (κ3) is 6.63. The molecule has 17 heavy (non-hydrogen) atoms. The van der Waals surface area contributed by atoms with Gasteiger partial charge in [0.1, 0.15) is 12.4 Å². The second-order valence-electron chi connectivity index (χ2n) is 4.50. The molecule has 0 spiro atoms. The Morgan fingerprint density at radius 1 is 1.12 bits per heavy atom. The Labute approximate surface area is 102 Å². The van der Waals surface area contributed by atoms with Gasteiger partial charge < -0.3 is 4.74 Å². The quantitative estimate of drug-likeness (QED) is 0.618. The molecule has 0 radical (unpaired) electrons. The van der Waals surface area contributed by atoms with E-state index < -0.39 is 15.9 Å². The van der Waals surface area contributed by atoms with Gasteiger partial charge in [-0.1, -0.05) is 32.1 Å². The van der Waals surface area contributed by atoms with Gasteiger partial charge in [-0.05, 0) is 12.8 Å². The van der Waals surface area contributed by atoms with Crippen LogP contribution in [0.5, 0.6) is 0 Å². The monoisotopic (exact) mass is 264 g/mol. The molecule has 0 aromatic carbocycles. The van der Waals surface area contributed by atoms with Crippen LogP contribution in [0.2, 0.25) is 0 Å². The van der Waals surface area contributed by atoms with E-state index in [2.05, 4.69) is 0 Å². The zero-order valence-electron chi connectivity index (χ0n) is 9.93. The van der Waals surface area contributed by atoms with E-state index in [9.17, 15) is 13.2 Å². The van der Waals surface area contributed by atoms with Gasteiger partial charge in [0.25, 0.3) is 10.1 Å². The molecule has 0 aromatic rings. The van der Waals surface area contributed by atoms with Crippen LogP contribution in [-0.4, -0.2) is 31.3 Å². The number of ether oxygens (including phenoxy) is 1. The molecule has 1 N–H and O–H groups in total. The normalized spacial score (nSPS) is 19.4. The summed E-state index contributed by atoms with van der Waals surface area (Å²) in [5.74, 6) is -0.946. The van der Waals surface area contributed by atoms with E-state index in [1.807, 2.05) is 0 Å². The molecule has 0 saturated heterocycles. The minimum absolute atomic E-state index is 0.100. The van der Waals surface area contributed by atoms with Crippen LogP contribution in [0.3, 0.4) is 0 Å². The van der Waals surface area contributed by atoms with E-state index in [4.69, 9.17) is 9.29 Å². The second kappa shape index (κ2) is 6.96. The number of hydrogen-bond acceptors (Lipinski definition) is 4. The summed E-state index contributed by atoms with van der Waals surface area (Å²) >= 11 is 0. The molecule has 1 aliphatic rings. The van der Waals surface area contributed by atoms with Crippen molar-refractivity contribution in [3.8, 4) is 0 Å². The van der Waals surface area contributed by atoms with Crippen molar-refractivity contribution in [2.75, 3.05) is 12.4 Å². The van der Waals surface area contributed by atoms with Crippen LogP contribution in [0.15, 0.2) is 0 Å². The Hall–Kier alpha value is -0.620. The van der Waals surface area contributed by atoms with E-state index in [0.717, 1.165) is 38.5 Å². The first-order chi connectivity index (χ1) is 7.99. The summed E-state index contributed by atoms with van der Waals surface area (Å²) in [6, 6.07) is 0. The highest BCUT2D eigenvalue weighted by molar-refractivity contribution is 7.85. The van der Waals surface area contributed by atoms with Crippen LogP contribution in [0, 0.1) is 5.92 Å². The molecule has 1 rings (SSSR count). The van der Waals surface area contributed by atoms with Crippen molar-refractivity contribution in [2.45, 2.75) is 44.9 Å². The lowest BCUT2D eigenvalue weighted by atomic mass is 9.91. The van der Waals surface area contributed by atoms with Crippen LogP contribution < -0.4 is 0 Å². The third-order valence-corrected chi connectivity index (χ3v) is 3.71. The van der Waals surface area contributed by atoms with E-state index in [1.165, 1.54) is 6.42 Å². The Balaban J connectivity index is 2.29. The van der Waals surface area contributed by atoms with Crippen molar-refractivity contribution >= 4 is 16.1 Å². The molecule has 5 nitrogen and oxygen atoms in total. The van der Waals surface area contributed by atoms with Crippen molar-refractivity contribution in [3.63, 3.8) is 0 Å². The maximum absolute atomic E-state index is 11.7. The first kappa shape index (κ1) is 14.4. The summed E-state index contributed by atoms with van der Waals surface area (Å²) < 4.78 is 34.3. The van der Waals surface area contributed by atoms with Gasteiger partial charge in [-0.2, -0.15) is 8.42 Å². The Morgan fingerprint density at radius 3 is 2.18 bits per heavy atom. The van der Waals surface area contributed by atoms with Gasteiger partial charge in [-0.15, -0.1) is 0 Å². The van der Waals surface area contributed by atoms with Crippen molar-refractivity contribution in [1.82, 2.24) is 0 Å². The van der Waals surface area contributed by atoms with Crippen LogP contribution in [0.4, 0.5) is 0 Å². The zero-order chi connectivity index (χ0) is 12.7. The summed E-state index contributed by atoms with van der Waals surface area (Å²) in [5, 5.41) is 0. The van der Waals surface area contributed by atoms with Crippen molar-refractivity contribution < 1.29 is 22.5 Å². The molecule has 0 aromatic heterocycles. The fourth-order valence-corrected chi connectivity index (χ4v) is 2.35. The summed E-state index contributed by atoms with van der Waals surface area (Å²) in [5.41, 5.74) is 0. The minimum atomic E-state index is -4.04. The minimum Gasteiger partial charge on any atom is -0.464 e. The molecule has 0 bridgehead atoms. The van der Waals surface area contributed by atoms with Crippen LogP contribution in [-0.2, 0) is 19.6 Å². The number of carbonyl (C=O) groups is 1. The highest BCUT2D eigenvalue weighted by Gasteiger charge is 2.21. The smallest absolute Gasteiger partial charge is 0.308 e. The molecule has 1 saturated carbocycles. The predicted octanol–water partition coefficient (Wildman–Crippen LogP) is 1.78. The molecule has 6 heteroatoms. The average Bonchev–Trinajstić information content (AvgIpc) is 2.14. The van der Waals surface area contributed by atoms with Crippen molar-refractivity contribution in [2.24, 2.45) is 5.92 Å². The molecule has 0 unspecified atom stereocenters. The van der Waals surface area contributed by atoms with Gasteiger partial charge in [-0.25, -0.2) is 0 Å². The first-order valence-electron chi connectivity index (χ1n) is 6.11. The lowest BCUT2D eigenvalue weighted by Gasteiger charge is -2.18. The molecule has 0 heterocycles. The van der Waals surface area contributed by atoms with Crippen LogP contribution >= 0.6 is 0 Å². The van der Waals surface area contributed by atoms with Gasteiger partial charge in [0.2, 0.25) is 0 Å². The Kier molecular flexibility index (Phi) is 5.91. The van der Waals surface area contributed by atoms with Gasteiger partial charge in [0.05, 0.1) is 5.92 Å². The largest absolute Gasteiger partial charge is 0.464 e. The van der Waals surface area contributed by atoms with Gasteiger partial charge in [0, 0.05) is 0 Å². The predicted molar refractivity (Wildman–Crippen MR) is 63.2 cm³/mol. The SMILES string of the molecule is O=C(OCCS(=O)(=O)O)C1CCCCCCC1. The van der Waals surface area contributed by atoms with Gasteiger partial charge in [-0.3, -0.25) is 9.35 Å². The highest BCUT2D eigenvalue weighted by Crippen LogP contribution is 2.23. The average molecular weight is 264 g/mol. The number of hydrogen-bond donors (Lipinski definition) is 1. The number of carbonyl (C=O) groups excluding carboxylic acids is 1. The van der Waals surface area contributed by atoms with E-state index in [0.29, 0.717) is 0 Å². The first-order valence-corrected chi connectivity index (χ1v) is 7.72. The standard InChI is InChI=1S/C11H20O5S/c12-11(16-8-9-17(13,14)15)10-6-4-2-1-3-5-7-10/h10H,1-9H2,(H,13,14,15). The summed E-state index contributed by atoms with van der Waals surface area (Å²) in [4.78, 5) is 11.7. The molecule has 0 atom stereocenters. The van der Waals surface area contributed by atoms with Gasteiger partial charge in [0.15, 0.2) is 0 Å². The fraction of sp³-hybridized carbons (Fsp3) is 0.909. The topological polar surface area (TPSA) is 80.7 Å². The Morgan fingerprint density at radius 2 is 1.65 bits per heavy atom. The van der Waals surface area contributed by atoms with E-state index in [-0.39, 0.29) is 18.5 Å². The maximum atomic E-state index is 11.7. The summed E-state index contributed by atoms with van der Waals surface area (Å²) in [6.45, 7) is -0.256. The molecule has 0 aliphatic heterocycles. The molecule has 1 aliphatic carbocycles. The van der Waals surface area contributed by atoms with E-state index >= 15 is 0 Å². The number of esters is 1. The molecular formula is C11H20O5S. The molecule has 0 amide bonds. The van der Waals surface area contributed by atoms with Crippen molar-refractivity contribution in [3.05, 3.63) is 0 Å². The second-order valence-corrected chi connectivity index (χ2v) is 6.07. The van der Waals surface area contributed by atoms with Gasteiger partial charge >= 0.3 is 5.97 Å². The summed E-state index contributed by atoms with van der Waals surface area (Å²) in [6.07, 6.45) is 7.22. The third-order valence-electron chi connectivity index (χ3n) is 3.02. The molecule has 1 fully saturated rings.